The molecule has 1 fully saturated rings. The van der Waals surface area contributed by atoms with Gasteiger partial charge >= 0.3 is 5.97 Å². The Kier molecular flexibility index (Phi) is 16.5. The summed E-state index contributed by atoms with van der Waals surface area (Å²) in [6.07, 6.45) is 25.8. The first-order valence-electron chi connectivity index (χ1n) is 12.0. The maximum atomic E-state index is 11.1. The van der Waals surface area contributed by atoms with Gasteiger partial charge in [-0.3, -0.25) is 4.79 Å². The second-order valence-corrected chi connectivity index (χ2v) is 9.90. The summed E-state index contributed by atoms with van der Waals surface area (Å²) >= 11 is 2.13. The fraction of sp³-hybridized carbons (Fsp3) is 0.958. The third-order valence-electron chi connectivity index (χ3n) is 5.88. The van der Waals surface area contributed by atoms with Gasteiger partial charge in [-0.15, -0.1) is 0 Å². The Morgan fingerprint density at radius 3 is 1.52 bits per heavy atom. The minimum atomic E-state index is -0.0559. The second kappa shape index (κ2) is 17.9. The van der Waals surface area contributed by atoms with Gasteiger partial charge in [0.1, 0.15) is 0 Å². The highest BCUT2D eigenvalue weighted by atomic mass is 32.2. The number of esters is 1. The van der Waals surface area contributed by atoms with E-state index < -0.39 is 0 Å². The number of ether oxygens (including phenoxy) is 1. The molecule has 0 radical (unpaired) electrons. The summed E-state index contributed by atoms with van der Waals surface area (Å²) in [6.45, 7) is 2.29. The monoisotopic (exact) mass is 398 g/mol. The molecule has 0 bridgehead atoms. The standard InChI is InChI=1S/C24H46O2S/c1-3-4-5-6-7-8-9-10-11-12-13-14-15-16-17-19-22-23(27-22)20-18-21-24(25)26-2/h22-23H,3-21H2,1-2H3. The van der Waals surface area contributed by atoms with Gasteiger partial charge in [0, 0.05) is 16.9 Å². The predicted molar refractivity (Wildman–Crippen MR) is 121 cm³/mol. The molecule has 1 saturated heterocycles. The number of carbonyl (C=O) groups is 1. The van der Waals surface area contributed by atoms with Crippen molar-refractivity contribution in [1.29, 1.82) is 0 Å². The third-order valence-corrected chi connectivity index (χ3v) is 7.39. The first-order valence-corrected chi connectivity index (χ1v) is 12.9. The molecular formula is C24H46O2S. The van der Waals surface area contributed by atoms with Crippen molar-refractivity contribution in [2.45, 2.75) is 139 Å². The van der Waals surface area contributed by atoms with Gasteiger partial charge in [0.2, 0.25) is 0 Å². The molecule has 2 unspecified atom stereocenters. The van der Waals surface area contributed by atoms with Crippen LogP contribution in [0.15, 0.2) is 0 Å². The van der Waals surface area contributed by atoms with Gasteiger partial charge in [0.25, 0.3) is 0 Å². The molecule has 1 heterocycles. The molecule has 0 aliphatic carbocycles. The van der Waals surface area contributed by atoms with Crippen molar-refractivity contribution in [2.75, 3.05) is 7.11 Å². The summed E-state index contributed by atoms with van der Waals surface area (Å²) in [5.41, 5.74) is 0. The Morgan fingerprint density at radius 2 is 1.07 bits per heavy atom. The van der Waals surface area contributed by atoms with Crippen LogP contribution in [0.4, 0.5) is 0 Å². The lowest BCUT2D eigenvalue weighted by Crippen LogP contribution is -2.01. The van der Waals surface area contributed by atoms with Crippen molar-refractivity contribution in [3.63, 3.8) is 0 Å². The van der Waals surface area contributed by atoms with Crippen LogP contribution in [-0.4, -0.2) is 23.6 Å². The van der Waals surface area contributed by atoms with Crippen LogP contribution >= 0.6 is 11.8 Å². The molecule has 0 spiro atoms. The SMILES string of the molecule is CCCCCCCCCCCCCCCCCC1SC1CCCC(=O)OC. The van der Waals surface area contributed by atoms with E-state index >= 15 is 0 Å². The minimum Gasteiger partial charge on any atom is -0.469 e. The molecule has 2 atom stereocenters. The number of hydrogen-bond donors (Lipinski definition) is 0. The van der Waals surface area contributed by atoms with Crippen LogP contribution in [0.1, 0.15) is 129 Å². The summed E-state index contributed by atoms with van der Waals surface area (Å²) < 4.78 is 4.69. The quantitative estimate of drug-likeness (QED) is 0.118. The number of unbranched alkanes of at least 4 members (excludes halogenated alkanes) is 14. The van der Waals surface area contributed by atoms with Gasteiger partial charge in [-0.1, -0.05) is 103 Å². The summed E-state index contributed by atoms with van der Waals surface area (Å²) in [7, 11) is 1.48. The van der Waals surface area contributed by atoms with E-state index in [1.165, 1.54) is 116 Å². The van der Waals surface area contributed by atoms with Gasteiger partial charge in [0.05, 0.1) is 7.11 Å². The first-order chi connectivity index (χ1) is 13.3. The second-order valence-electron chi connectivity index (χ2n) is 8.42. The summed E-state index contributed by atoms with van der Waals surface area (Å²) in [6, 6.07) is 0. The van der Waals surface area contributed by atoms with Crippen molar-refractivity contribution < 1.29 is 9.53 Å². The summed E-state index contributed by atoms with van der Waals surface area (Å²) in [5.74, 6) is -0.0559. The van der Waals surface area contributed by atoms with Gasteiger partial charge < -0.3 is 4.74 Å². The number of thioether (sulfide) groups is 1. The first kappa shape index (κ1) is 24.9. The van der Waals surface area contributed by atoms with Crippen LogP contribution in [0.3, 0.4) is 0 Å². The number of rotatable bonds is 20. The smallest absolute Gasteiger partial charge is 0.305 e. The Balaban J connectivity index is 1.70. The fourth-order valence-electron chi connectivity index (χ4n) is 3.95. The Labute approximate surface area is 174 Å². The molecule has 1 aliphatic heterocycles. The van der Waals surface area contributed by atoms with E-state index in [1.807, 2.05) is 0 Å². The van der Waals surface area contributed by atoms with E-state index in [-0.39, 0.29) is 5.97 Å². The molecule has 3 heteroatoms. The molecule has 0 aromatic rings. The highest BCUT2D eigenvalue weighted by molar-refractivity contribution is 8.07. The highest BCUT2D eigenvalue weighted by Gasteiger charge is 2.36. The lowest BCUT2D eigenvalue weighted by atomic mass is 10.0. The zero-order valence-corrected chi connectivity index (χ0v) is 19.1. The van der Waals surface area contributed by atoms with Gasteiger partial charge in [0.15, 0.2) is 0 Å². The summed E-state index contributed by atoms with van der Waals surface area (Å²) in [5, 5.41) is 1.73. The van der Waals surface area contributed by atoms with Gasteiger partial charge in [-0.2, -0.15) is 11.8 Å². The normalized spacial score (nSPS) is 18.6. The molecule has 0 amide bonds. The van der Waals surface area contributed by atoms with Crippen molar-refractivity contribution in [2.24, 2.45) is 0 Å². The van der Waals surface area contributed by atoms with E-state index in [4.69, 9.17) is 4.74 Å². The highest BCUT2D eigenvalue weighted by Crippen LogP contribution is 2.47. The lowest BCUT2D eigenvalue weighted by molar-refractivity contribution is -0.140. The molecule has 0 aromatic carbocycles. The third kappa shape index (κ3) is 15.4. The van der Waals surface area contributed by atoms with Gasteiger partial charge in [-0.05, 0) is 19.3 Å². The molecule has 1 rings (SSSR count). The number of methoxy groups -OCH3 is 1. The molecule has 0 saturated carbocycles. The largest absolute Gasteiger partial charge is 0.469 e. The molecule has 0 N–H and O–H groups in total. The molecule has 160 valence electrons. The van der Waals surface area contributed by atoms with Gasteiger partial charge in [-0.25, -0.2) is 0 Å². The fourth-order valence-corrected chi connectivity index (χ4v) is 5.19. The van der Waals surface area contributed by atoms with Crippen molar-refractivity contribution >= 4 is 17.7 Å². The van der Waals surface area contributed by atoms with E-state index in [0.717, 1.165) is 16.9 Å². The molecule has 1 aliphatic rings. The lowest BCUT2D eigenvalue weighted by Gasteiger charge is -2.03. The van der Waals surface area contributed by atoms with E-state index in [1.54, 1.807) is 0 Å². The Hall–Kier alpha value is -0.180. The average Bonchev–Trinajstić information content (AvgIpc) is 3.42. The summed E-state index contributed by atoms with van der Waals surface area (Å²) in [4.78, 5) is 11.1. The van der Waals surface area contributed by atoms with E-state index in [0.29, 0.717) is 6.42 Å². The van der Waals surface area contributed by atoms with Crippen LogP contribution in [-0.2, 0) is 9.53 Å². The number of hydrogen-bond acceptors (Lipinski definition) is 3. The van der Waals surface area contributed by atoms with Crippen molar-refractivity contribution in [3.8, 4) is 0 Å². The topological polar surface area (TPSA) is 26.3 Å². The Morgan fingerprint density at radius 1 is 0.667 bits per heavy atom. The molecule has 0 aromatic heterocycles. The molecule has 2 nitrogen and oxygen atoms in total. The maximum Gasteiger partial charge on any atom is 0.305 e. The van der Waals surface area contributed by atoms with E-state index in [9.17, 15) is 4.79 Å². The predicted octanol–water partition coefficient (Wildman–Crippen LogP) is 8.08. The van der Waals surface area contributed by atoms with E-state index in [2.05, 4.69) is 18.7 Å². The van der Waals surface area contributed by atoms with Crippen LogP contribution in [0.5, 0.6) is 0 Å². The Bertz CT molecular complexity index is 345. The molecular weight excluding hydrogens is 352 g/mol. The van der Waals surface area contributed by atoms with Crippen LogP contribution < -0.4 is 0 Å². The van der Waals surface area contributed by atoms with Crippen LogP contribution in [0, 0.1) is 0 Å². The van der Waals surface area contributed by atoms with Crippen molar-refractivity contribution in [1.82, 2.24) is 0 Å². The maximum absolute atomic E-state index is 11.1. The minimum absolute atomic E-state index is 0.0559. The van der Waals surface area contributed by atoms with Crippen LogP contribution in [0.2, 0.25) is 0 Å². The molecule has 27 heavy (non-hydrogen) atoms. The average molecular weight is 399 g/mol. The number of carbonyl (C=O) groups excluding carboxylic acids is 1. The zero-order valence-electron chi connectivity index (χ0n) is 18.3. The zero-order chi connectivity index (χ0) is 19.6. The van der Waals surface area contributed by atoms with Crippen molar-refractivity contribution in [3.05, 3.63) is 0 Å². The van der Waals surface area contributed by atoms with Crippen LogP contribution in [0.25, 0.3) is 0 Å².